The molecule has 0 spiro atoms. The number of hydrogen-bond acceptors (Lipinski definition) is 4. The average Bonchev–Trinajstić information content (AvgIpc) is 3.09. The molecule has 2 aromatic rings. The highest BCUT2D eigenvalue weighted by Gasteiger charge is 2.21. The summed E-state index contributed by atoms with van der Waals surface area (Å²) >= 11 is 0. The van der Waals surface area contributed by atoms with Gasteiger partial charge in [-0.3, -0.25) is 0 Å². The molecule has 0 aliphatic heterocycles. The zero-order valence-electron chi connectivity index (χ0n) is 14.4. The molecule has 1 aromatic heterocycles. The monoisotopic (exact) mass is 346 g/mol. The molecular weight excluding hydrogens is 323 g/mol. The van der Waals surface area contributed by atoms with Gasteiger partial charge >= 0.3 is 6.03 Å². The molecule has 1 heterocycles. The minimum absolute atomic E-state index is 0.304. The molecule has 1 aliphatic rings. The quantitative estimate of drug-likeness (QED) is 0.889. The molecule has 0 bridgehead atoms. The molecule has 0 saturated heterocycles. The zero-order valence-corrected chi connectivity index (χ0v) is 14.4. The Labute approximate surface area is 146 Å². The smallest absolute Gasteiger partial charge is 0.321 e. The number of carbonyl (C=O) groups is 1. The minimum atomic E-state index is -0.387. The number of aromatic nitrogens is 2. The molecule has 1 saturated carbocycles. The van der Waals surface area contributed by atoms with E-state index in [-0.39, 0.29) is 11.8 Å². The summed E-state index contributed by atoms with van der Waals surface area (Å²) in [5.41, 5.74) is 0.427. The lowest BCUT2D eigenvalue weighted by Gasteiger charge is -2.17. The van der Waals surface area contributed by atoms with Crippen LogP contribution in [0, 0.1) is 5.82 Å². The number of nitrogens with one attached hydrogen (secondary N) is 1. The lowest BCUT2D eigenvalue weighted by molar-refractivity contribution is 0.222. The second-order valence-electron chi connectivity index (χ2n) is 6.50. The lowest BCUT2D eigenvalue weighted by atomic mass is 9.89. The minimum Gasteiger partial charge on any atom is -0.339 e. The van der Waals surface area contributed by atoms with E-state index in [1.54, 1.807) is 19.2 Å². The van der Waals surface area contributed by atoms with Crippen molar-refractivity contribution >= 4 is 11.7 Å². The first kappa shape index (κ1) is 17.4. The molecule has 1 aromatic carbocycles. The maximum absolute atomic E-state index is 13.2. The number of urea groups is 1. The van der Waals surface area contributed by atoms with Gasteiger partial charge in [-0.2, -0.15) is 4.98 Å². The maximum atomic E-state index is 13.2. The van der Waals surface area contributed by atoms with E-state index in [2.05, 4.69) is 15.5 Å². The summed E-state index contributed by atoms with van der Waals surface area (Å²) in [6.07, 6.45) is 6.44. The van der Waals surface area contributed by atoms with Gasteiger partial charge in [0.25, 0.3) is 0 Å². The third-order valence-corrected chi connectivity index (χ3v) is 4.53. The number of anilines is 1. The van der Waals surface area contributed by atoms with Crippen molar-refractivity contribution in [1.82, 2.24) is 15.0 Å². The molecule has 0 radical (unpaired) electrons. The van der Waals surface area contributed by atoms with Gasteiger partial charge in [-0.1, -0.05) is 30.5 Å². The molecule has 0 unspecified atom stereocenters. The van der Waals surface area contributed by atoms with Crippen LogP contribution in [-0.4, -0.2) is 34.7 Å². The van der Waals surface area contributed by atoms with E-state index >= 15 is 0 Å². The van der Waals surface area contributed by atoms with Crippen LogP contribution in [0.5, 0.6) is 0 Å². The molecular formula is C18H23FN4O2. The van der Waals surface area contributed by atoms with Gasteiger partial charge in [0.2, 0.25) is 5.89 Å². The Bertz CT molecular complexity index is 713. The van der Waals surface area contributed by atoms with Crippen molar-refractivity contribution in [1.29, 1.82) is 0 Å². The first-order chi connectivity index (χ1) is 12.1. The van der Waals surface area contributed by atoms with Crippen LogP contribution in [0.1, 0.15) is 49.7 Å². The third kappa shape index (κ3) is 4.78. The molecule has 7 heteroatoms. The summed E-state index contributed by atoms with van der Waals surface area (Å²) in [4.78, 5) is 18.1. The molecule has 1 N–H and O–H groups in total. The van der Waals surface area contributed by atoms with E-state index in [0.717, 1.165) is 18.7 Å². The van der Waals surface area contributed by atoms with Crippen LogP contribution in [0.15, 0.2) is 28.8 Å². The van der Waals surface area contributed by atoms with Crippen molar-refractivity contribution in [2.24, 2.45) is 0 Å². The second-order valence-corrected chi connectivity index (χ2v) is 6.50. The molecule has 3 rings (SSSR count). The highest BCUT2D eigenvalue weighted by Crippen LogP contribution is 2.31. The topological polar surface area (TPSA) is 71.3 Å². The molecule has 25 heavy (non-hydrogen) atoms. The Balaban J connectivity index is 1.49. The van der Waals surface area contributed by atoms with E-state index in [9.17, 15) is 9.18 Å². The molecule has 1 aliphatic carbocycles. The Morgan fingerprint density at radius 2 is 2.16 bits per heavy atom. The fourth-order valence-corrected chi connectivity index (χ4v) is 3.04. The van der Waals surface area contributed by atoms with Gasteiger partial charge in [-0.15, -0.1) is 0 Å². The highest BCUT2D eigenvalue weighted by molar-refractivity contribution is 5.89. The first-order valence-corrected chi connectivity index (χ1v) is 8.72. The van der Waals surface area contributed by atoms with Gasteiger partial charge in [0.05, 0.1) is 0 Å². The fourth-order valence-electron chi connectivity index (χ4n) is 3.04. The molecule has 134 valence electrons. The number of benzene rings is 1. The van der Waals surface area contributed by atoms with E-state index in [0.29, 0.717) is 30.4 Å². The molecule has 2 amide bonds. The average molecular weight is 346 g/mol. The van der Waals surface area contributed by atoms with Crippen LogP contribution in [0.4, 0.5) is 14.9 Å². The number of likely N-dealkylation sites (N-methyl/N-ethyl adjacent to an activating group) is 1. The van der Waals surface area contributed by atoms with Gasteiger partial charge in [-0.05, 0) is 31.0 Å². The number of carbonyl (C=O) groups excluding carboxylic acids is 1. The molecule has 6 nitrogen and oxygen atoms in total. The largest absolute Gasteiger partial charge is 0.339 e. The summed E-state index contributed by atoms with van der Waals surface area (Å²) in [7, 11) is 1.68. The SMILES string of the molecule is CN(CCc1noc(C2CCCCC2)n1)C(=O)Nc1cccc(F)c1. The van der Waals surface area contributed by atoms with E-state index in [1.807, 2.05) is 0 Å². The van der Waals surface area contributed by atoms with Crippen LogP contribution in [-0.2, 0) is 6.42 Å². The van der Waals surface area contributed by atoms with Crippen molar-refractivity contribution in [3.63, 3.8) is 0 Å². The Kier molecular flexibility index (Phi) is 5.63. The van der Waals surface area contributed by atoms with E-state index < -0.39 is 0 Å². The number of hydrogen-bond donors (Lipinski definition) is 1. The van der Waals surface area contributed by atoms with Crippen LogP contribution in [0.2, 0.25) is 0 Å². The third-order valence-electron chi connectivity index (χ3n) is 4.53. The normalized spacial score (nSPS) is 15.1. The van der Waals surface area contributed by atoms with Crippen LogP contribution < -0.4 is 5.32 Å². The number of amides is 2. The van der Waals surface area contributed by atoms with Crippen LogP contribution in [0.25, 0.3) is 0 Å². The number of halogens is 1. The van der Waals surface area contributed by atoms with Crippen molar-refractivity contribution in [3.05, 3.63) is 41.8 Å². The van der Waals surface area contributed by atoms with Gasteiger partial charge in [0.1, 0.15) is 5.82 Å². The van der Waals surface area contributed by atoms with E-state index in [4.69, 9.17) is 4.52 Å². The van der Waals surface area contributed by atoms with Gasteiger partial charge < -0.3 is 14.7 Å². The first-order valence-electron chi connectivity index (χ1n) is 8.72. The Hall–Kier alpha value is -2.44. The van der Waals surface area contributed by atoms with Crippen molar-refractivity contribution in [2.45, 2.75) is 44.4 Å². The summed E-state index contributed by atoms with van der Waals surface area (Å²) in [6.45, 7) is 0.449. The van der Waals surface area contributed by atoms with Gasteiger partial charge in [0, 0.05) is 31.6 Å². The summed E-state index contributed by atoms with van der Waals surface area (Å²) < 4.78 is 18.5. The number of nitrogens with zero attached hydrogens (tertiary/aromatic N) is 3. The van der Waals surface area contributed by atoms with E-state index in [1.165, 1.54) is 36.3 Å². The summed E-state index contributed by atoms with van der Waals surface area (Å²) in [6, 6.07) is 5.50. The standard InChI is InChI=1S/C18H23FN4O2/c1-23(18(24)20-15-9-5-8-14(19)12-15)11-10-16-21-17(25-22-16)13-6-3-2-4-7-13/h5,8-9,12-13H,2-4,6-7,10-11H2,1H3,(H,20,24). The Morgan fingerprint density at radius 3 is 2.92 bits per heavy atom. The predicted octanol–water partition coefficient (Wildman–Crippen LogP) is 3.96. The Morgan fingerprint density at radius 1 is 1.36 bits per heavy atom. The van der Waals surface area contributed by atoms with Crippen molar-refractivity contribution in [2.75, 3.05) is 18.9 Å². The van der Waals surface area contributed by atoms with Crippen molar-refractivity contribution in [3.8, 4) is 0 Å². The summed E-state index contributed by atoms with van der Waals surface area (Å²) in [5.74, 6) is 1.33. The number of rotatable bonds is 5. The predicted molar refractivity (Wildman–Crippen MR) is 91.9 cm³/mol. The van der Waals surface area contributed by atoms with Gasteiger partial charge in [-0.25, -0.2) is 9.18 Å². The van der Waals surface area contributed by atoms with Crippen molar-refractivity contribution < 1.29 is 13.7 Å². The summed E-state index contributed by atoms with van der Waals surface area (Å²) in [5, 5.41) is 6.68. The maximum Gasteiger partial charge on any atom is 0.321 e. The zero-order chi connectivity index (χ0) is 17.6. The molecule has 1 fully saturated rings. The van der Waals surface area contributed by atoms with Crippen LogP contribution >= 0.6 is 0 Å². The van der Waals surface area contributed by atoms with Crippen LogP contribution in [0.3, 0.4) is 0 Å². The van der Waals surface area contributed by atoms with Gasteiger partial charge in [0.15, 0.2) is 5.82 Å². The fraction of sp³-hybridized carbons (Fsp3) is 0.500. The second kappa shape index (κ2) is 8.09. The lowest BCUT2D eigenvalue weighted by Crippen LogP contribution is -2.33. The molecule has 0 atom stereocenters. The highest BCUT2D eigenvalue weighted by atomic mass is 19.1.